The Hall–Kier alpha value is -3.12. The van der Waals surface area contributed by atoms with Crippen LogP contribution in [-0.4, -0.2) is 16.2 Å². The lowest BCUT2D eigenvalue weighted by molar-refractivity contribution is -0.387. The molecule has 0 aliphatic heterocycles. The van der Waals surface area contributed by atoms with Gasteiger partial charge in [-0.2, -0.15) is 0 Å². The molecule has 0 atom stereocenters. The smallest absolute Gasteiger partial charge is 0.283 e. The molecule has 0 bridgehead atoms. The second-order valence-corrected chi connectivity index (χ2v) is 6.29. The minimum atomic E-state index is -0.386. The van der Waals surface area contributed by atoms with E-state index < -0.39 is 0 Å². The molecule has 3 rings (SSSR count). The molecule has 1 N–H and O–H groups in total. The maximum absolute atomic E-state index is 11.4. The number of nitrogens with zero attached hydrogens (tertiary/aromatic N) is 2. The first kappa shape index (κ1) is 16.7. The molecule has 0 unspecified atom stereocenters. The number of phenols is 1. The van der Waals surface area contributed by atoms with Crippen LogP contribution < -0.4 is 0 Å². The third-order valence-corrected chi connectivity index (χ3v) is 4.44. The molecule has 0 aliphatic rings. The largest absolute Gasteiger partial charge is 0.508 e. The van der Waals surface area contributed by atoms with Gasteiger partial charge in [0, 0.05) is 17.2 Å². The molecule has 0 radical (unpaired) electrons. The fourth-order valence-corrected chi connectivity index (χ4v) is 3.07. The molecule has 0 amide bonds. The van der Waals surface area contributed by atoms with Crippen LogP contribution >= 0.6 is 11.8 Å². The lowest BCUT2D eigenvalue weighted by Crippen LogP contribution is -1.93. The first-order chi connectivity index (χ1) is 12.1. The van der Waals surface area contributed by atoms with Gasteiger partial charge in [-0.25, -0.2) is 0 Å². The van der Waals surface area contributed by atoms with Gasteiger partial charge in [-0.1, -0.05) is 36.0 Å². The van der Waals surface area contributed by atoms with Crippen molar-refractivity contribution in [2.45, 2.75) is 9.79 Å². The summed E-state index contributed by atoms with van der Waals surface area (Å²) < 4.78 is 0. The van der Waals surface area contributed by atoms with Gasteiger partial charge in [0.2, 0.25) is 0 Å². The number of nitro groups is 1. The lowest BCUT2D eigenvalue weighted by Gasteiger charge is -2.04. The fourth-order valence-electron chi connectivity index (χ4n) is 2.15. The summed E-state index contributed by atoms with van der Waals surface area (Å²) >= 11 is 1.35. The number of hydrogen-bond donors (Lipinski definition) is 1. The van der Waals surface area contributed by atoms with Crippen molar-refractivity contribution in [3.05, 3.63) is 88.5 Å². The highest BCUT2D eigenvalue weighted by Crippen LogP contribution is 2.35. The molecule has 0 saturated carbocycles. The zero-order valence-electron chi connectivity index (χ0n) is 13.1. The molecule has 0 saturated heterocycles. The molecule has 0 aliphatic carbocycles. The maximum atomic E-state index is 11.4. The van der Waals surface area contributed by atoms with E-state index in [4.69, 9.17) is 0 Å². The second kappa shape index (κ2) is 7.63. The highest BCUT2D eigenvalue weighted by molar-refractivity contribution is 7.99. The third kappa shape index (κ3) is 4.45. The zero-order chi connectivity index (χ0) is 17.6. The van der Waals surface area contributed by atoms with Gasteiger partial charge in [-0.3, -0.25) is 15.1 Å². The summed E-state index contributed by atoms with van der Waals surface area (Å²) in [5.74, 6) is 0.164. The summed E-state index contributed by atoms with van der Waals surface area (Å²) in [7, 11) is 0. The van der Waals surface area contributed by atoms with Gasteiger partial charge in [-0.05, 0) is 48.0 Å². The molecular weight excluding hydrogens is 336 g/mol. The summed E-state index contributed by atoms with van der Waals surface area (Å²) in [4.78, 5) is 16.8. The van der Waals surface area contributed by atoms with Crippen molar-refractivity contribution in [3.63, 3.8) is 0 Å². The molecule has 124 valence electrons. The predicted octanol–water partition coefficient (Wildman–Crippen LogP) is 5.20. The van der Waals surface area contributed by atoms with Gasteiger partial charge in [0.1, 0.15) is 5.75 Å². The molecule has 3 aromatic carbocycles. The molecule has 6 heteroatoms. The maximum Gasteiger partial charge on any atom is 0.283 e. The van der Waals surface area contributed by atoms with Crippen molar-refractivity contribution in [2.75, 3.05) is 0 Å². The standard InChI is InChI=1S/C19H14N2O3S/c22-16-9-7-15(8-10-16)20-13-14-6-11-19(18(12-14)21(23)24)25-17-4-2-1-3-5-17/h1-13,22H. The van der Waals surface area contributed by atoms with E-state index in [1.165, 1.54) is 30.0 Å². The predicted molar refractivity (Wildman–Crippen MR) is 99.0 cm³/mol. The zero-order valence-corrected chi connectivity index (χ0v) is 13.9. The Bertz CT molecular complexity index is 910. The molecular formula is C19H14N2O3S. The molecule has 3 aromatic rings. The van der Waals surface area contributed by atoms with E-state index in [9.17, 15) is 15.2 Å². The van der Waals surface area contributed by atoms with Crippen molar-refractivity contribution < 1.29 is 10.0 Å². The van der Waals surface area contributed by atoms with Gasteiger partial charge in [0.25, 0.3) is 5.69 Å². The van der Waals surface area contributed by atoms with Crippen molar-refractivity contribution in [3.8, 4) is 5.75 Å². The van der Waals surface area contributed by atoms with Crippen LogP contribution in [0.2, 0.25) is 0 Å². The van der Waals surface area contributed by atoms with E-state index in [2.05, 4.69) is 4.99 Å². The second-order valence-electron chi connectivity index (χ2n) is 5.17. The SMILES string of the molecule is O=[N+]([O-])c1cc(C=Nc2ccc(O)cc2)ccc1Sc1ccccc1. The van der Waals surface area contributed by atoms with E-state index in [-0.39, 0.29) is 16.4 Å². The van der Waals surface area contributed by atoms with Crippen LogP contribution in [0.3, 0.4) is 0 Å². The summed E-state index contributed by atoms with van der Waals surface area (Å²) in [5.41, 5.74) is 1.34. The Morgan fingerprint density at radius 3 is 2.40 bits per heavy atom. The fraction of sp³-hybridized carbons (Fsp3) is 0. The van der Waals surface area contributed by atoms with Gasteiger partial charge in [0.15, 0.2) is 0 Å². The first-order valence-electron chi connectivity index (χ1n) is 7.46. The van der Waals surface area contributed by atoms with Gasteiger partial charge >= 0.3 is 0 Å². The Morgan fingerprint density at radius 2 is 1.72 bits per heavy atom. The van der Waals surface area contributed by atoms with Gasteiger partial charge in [0.05, 0.1) is 15.5 Å². The lowest BCUT2D eigenvalue weighted by atomic mass is 10.2. The monoisotopic (exact) mass is 350 g/mol. The molecule has 25 heavy (non-hydrogen) atoms. The molecule has 0 heterocycles. The first-order valence-corrected chi connectivity index (χ1v) is 8.28. The molecule has 0 aromatic heterocycles. The number of aliphatic imine (C=N–C) groups is 1. The number of aromatic hydroxyl groups is 1. The van der Waals surface area contributed by atoms with E-state index >= 15 is 0 Å². The number of phenolic OH excluding ortho intramolecular Hbond substituents is 1. The summed E-state index contributed by atoms with van der Waals surface area (Å²) in [6.45, 7) is 0. The quantitative estimate of drug-likeness (QED) is 0.390. The molecule has 0 spiro atoms. The van der Waals surface area contributed by atoms with E-state index in [1.807, 2.05) is 30.3 Å². The highest BCUT2D eigenvalue weighted by atomic mass is 32.2. The summed E-state index contributed by atoms with van der Waals surface area (Å²) in [6, 6.07) is 21.0. The van der Waals surface area contributed by atoms with E-state index in [0.717, 1.165) is 4.90 Å². The van der Waals surface area contributed by atoms with Crippen molar-refractivity contribution in [1.29, 1.82) is 0 Å². The number of rotatable bonds is 5. The summed E-state index contributed by atoms with van der Waals surface area (Å²) in [5, 5.41) is 20.7. The Kier molecular flexibility index (Phi) is 5.11. The van der Waals surface area contributed by atoms with Gasteiger partial charge < -0.3 is 5.11 Å². The Labute approximate surface area is 148 Å². The van der Waals surface area contributed by atoms with Crippen LogP contribution in [0.15, 0.2) is 87.6 Å². The Balaban J connectivity index is 1.86. The summed E-state index contributed by atoms with van der Waals surface area (Å²) in [6.07, 6.45) is 1.57. The van der Waals surface area contributed by atoms with Crippen LogP contribution in [0, 0.1) is 10.1 Å². The van der Waals surface area contributed by atoms with Crippen LogP contribution in [0.25, 0.3) is 0 Å². The van der Waals surface area contributed by atoms with Crippen LogP contribution in [0.1, 0.15) is 5.56 Å². The Morgan fingerprint density at radius 1 is 1.00 bits per heavy atom. The van der Waals surface area contributed by atoms with Crippen LogP contribution in [-0.2, 0) is 0 Å². The highest BCUT2D eigenvalue weighted by Gasteiger charge is 2.15. The topological polar surface area (TPSA) is 75.7 Å². The normalized spacial score (nSPS) is 10.9. The van der Waals surface area contributed by atoms with Crippen LogP contribution in [0.5, 0.6) is 5.75 Å². The van der Waals surface area contributed by atoms with Crippen LogP contribution in [0.4, 0.5) is 11.4 Å². The van der Waals surface area contributed by atoms with E-state index in [1.54, 1.807) is 30.5 Å². The van der Waals surface area contributed by atoms with Crippen molar-refractivity contribution >= 4 is 29.4 Å². The van der Waals surface area contributed by atoms with Crippen molar-refractivity contribution in [1.82, 2.24) is 0 Å². The minimum absolute atomic E-state index is 0.0449. The number of hydrogen-bond acceptors (Lipinski definition) is 5. The number of benzene rings is 3. The molecule has 5 nitrogen and oxygen atoms in total. The number of nitro benzene ring substituents is 1. The minimum Gasteiger partial charge on any atom is -0.508 e. The third-order valence-electron chi connectivity index (χ3n) is 3.36. The average molecular weight is 350 g/mol. The van der Waals surface area contributed by atoms with Gasteiger partial charge in [-0.15, -0.1) is 0 Å². The van der Waals surface area contributed by atoms with E-state index in [0.29, 0.717) is 16.1 Å². The molecule has 0 fully saturated rings. The average Bonchev–Trinajstić information content (AvgIpc) is 2.63. The van der Waals surface area contributed by atoms with Crippen molar-refractivity contribution in [2.24, 2.45) is 4.99 Å².